The van der Waals surface area contributed by atoms with E-state index in [0.29, 0.717) is 17.3 Å². The van der Waals surface area contributed by atoms with Crippen molar-refractivity contribution in [3.63, 3.8) is 0 Å². The van der Waals surface area contributed by atoms with Crippen LogP contribution in [0, 0.1) is 12.7 Å². The molecule has 0 saturated carbocycles. The zero-order chi connectivity index (χ0) is 24.3. The molecule has 3 rings (SSSR count). The molecule has 0 fully saturated rings. The summed E-state index contributed by atoms with van der Waals surface area (Å²) in [7, 11) is 0. The zero-order valence-electron chi connectivity index (χ0n) is 17.2. The molecule has 0 aliphatic carbocycles. The quantitative estimate of drug-likeness (QED) is 0.515. The molecule has 0 spiro atoms. The number of aliphatic hydroxyl groups excluding tert-OH is 1. The van der Waals surface area contributed by atoms with E-state index in [2.05, 4.69) is 10.3 Å². The van der Waals surface area contributed by atoms with Crippen LogP contribution < -0.4 is 10.9 Å². The summed E-state index contributed by atoms with van der Waals surface area (Å²) in [6.07, 6.45) is -4.80. The van der Waals surface area contributed by atoms with E-state index < -0.39 is 41.3 Å². The monoisotopic (exact) mass is 483 g/mol. The summed E-state index contributed by atoms with van der Waals surface area (Å²) in [6.45, 7) is 0.532. The number of anilines is 1. The highest BCUT2D eigenvalue weighted by Crippen LogP contribution is 2.36. The van der Waals surface area contributed by atoms with Crippen molar-refractivity contribution in [1.29, 1.82) is 0 Å². The van der Waals surface area contributed by atoms with Gasteiger partial charge in [0.25, 0.3) is 5.56 Å². The maximum absolute atomic E-state index is 13.4. The van der Waals surface area contributed by atoms with E-state index in [4.69, 9.17) is 11.6 Å². The molecular formula is C22H18ClF4N3O3. The molecule has 0 atom stereocenters. The van der Waals surface area contributed by atoms with Gasteiger partial charge in [0.2, 0.25) is 5.91 Å². The van der Waals surface area contributed by atoms with E-state index in [1.165, 1.54) is 18.2 Å². The lowest BCUT2D eigenvalue weighted by atomic mass is 10.1. The molecule has 0 aliphatic rings. The average Bonchev–Trinajstić information content (AvgIpc) is 2.74. The van der Waals surface area contributed by atoms with Crippen LogP contribution in [0.1, 0.15) is 16.8 Å². The standard InChI is InChI=1S/C22H18ClF4N3O3/c1-12-16(8-9-31)21(33)30(20(28-12)13-2-5-15(24)6-3-13)11-19(32)29-18-7-4-14(23)10-17(18)22(25,26)27/h2-7,10,31H,8-9,11H2,1H3,(H,29,32). The van der Waals surface area contributed by atoms with Crippen LogP contribution >= 0.6 is 11.6 Å². The maximum Gasteiger partial charge on any atom is 0.418 e. The van der Waals surface area contributed by atoms with Crippen molar-refractivity contribution in [3.8, 4) is 11.4 Å². The molecule has 0 unspecified atom stereocenters. The number of aromatic nitrogens is 2. The Kier molecular flexibility index (Phi) is 7.19. The van der Waals surface area contributed by atoms with Gasteiger partial charge >= 0.3 is 6.18 Å². The smallest absolute Gasteiger partial charge is 0.396 e. The number of benzene rings is 2. The third kappa shape index (κ3) is 5.58. The van der Waals surface area contributed by atoms with E-state index in [-0.39, 0.29) is 29.4 Å². The number of carbonyl (C=O) groups excluding carboxylic acids is 1. The summed E-state index contributed by atoms with van der Waals surface area (Å²) in [5.74, 6) is -1.42. The maximum atomic E-state index is 13.4. The van der Waals surface area contributed by atoms with Gasteiger partial charge in [-0.25, -0.2) is 9.37 Å². The minimum atomic E-state index is -4.77. The number of alkyl halides is 3. The highest BCUT2D eigenvalue weighted by Gasteiger charge is 2.34. The topological polar surface area (TPSA) is 84.2 Å². The van der Waals surface area contributed by atoms with Crippen molar-refractivity contribution in [2.45, 2.75) is 26.1 Å². The summed E-state index contributed by atoms with van der Waals surface area (Å²) < 4.78 is 54.4. The fraction of sp³-hybridized carbons (Fsp3) is 0.227. The number of nitrogens with one attached hydrogen (secondary N) is 1. The Morgan fingerprint density at radius 3 is 2.45 bits per heavy atom. The average molecular weight is 484 g/mol. The van der Waals surface area contributed by atoms with Gasteiger partial charge in [-0.2, -0.15) is 13.2 Å². The summed E-state index contributed by atoms with van der Waals surface area (Å²) in [5, 5.41) is 11.3. The van der Waals surface area contributed by atoms with Crippen LogP contribution in [0.15, 0.2) is 47.3 Å². The Hall–Kier alpha value is -3.24. The summed E-state index contributed by atoms with van der Waals surface area (Å²) >= 11 is 5.66. The largest absolute Gasteiger partial charge is 0.418 e. The number of aliphatic hydroxyl groups is 1. The second-order valence-electron chi connectivity index (χ2n) is 7.11. The van der Waals surface area contributed by atoms with Gasteiger partial charge in [-0.05, 0) is 49.4 Å². The van der Waals surface area contributed by atoms with Crippen molar-refractivity contribution in [2.75, 3.05) is 11.9 Å². The first-order valence-electron chi connectivity index (χ1n) is 9.65. The molecule has 0 bridgehead atoms. The van der Waals surface area contributed by atoms with Crippen LogP contribution in [0.2, 0.25) is 5.02 Å². The first-order valence-corrected chi connectivity index (χ1v) is 10.0. The molecule has 1 aromatic heterocycles. The van der Waals surface area contributed by atoms with E-state index in [1.54, 1.807) is 6.92 Å². The van der Waals surface area contributed by atoms with Gasteiger partial charge in [-0.3, -0.25) is 14.2 Å². The predicted octanol–water partition coefficient (Wildman–Crippen LogP) is 4.20. The first-order chi connectivity index (χ1) is 15.5. The number of hydrogen-bond donors (Lipinski definition) is 2. The van der Waals surface area contributed by atoms with Gasteiger partial charge in [0.15, 0.2) is 0 Å². The molecule has 1 amide bonds. The lowest BCUT2D eigenvalue weighted by Gasteiger charge is -2.17. The lowest BCUT2D eigenvalue weighted by molar-refractivity contribution is -0.137. The number of rotatable bonds is 6. The highest BCUT2D eigenvalue weighted by molar-refractivity contribution is 6.30. The van der Waals surface area contributed by atoms with Crippen LogP contribution in [0.5, 0.6) is 0 Å². The summed E-state index contributed by atoms with van der Waals surface area (Å²) in [4.78, 5) is 30.1. The fourth-order valence-electron chi connectivity index (χ4n) is 3.26. The molecule has 174 valence electrons. The number of halogens is 5. The Morgan fingerprint density at radius 2 is 1.85 bits per heavy atom. The number of nitrogens with zero attached hydrogens (tertiary/aromatic N) is 2. The Balaban J connectivity index is 2.04. The molecule has 0 saturated heterocycles. The van der Waals surface area contributed by atoms with Crippen LogP contribution in [0.25, 0.3) is 11.4 Å². The van der Waals surface area contributed by atoms with Gasteiger partial charge in [-0.1, -0.05) is 11.6 Å². The Labute approximate surface area is 190 Å². The van der Waals surface area contributed by atoms with Crippen LogP contribution in [0.3, 0.4) is 0 Å². The van der Waals surface area contributed by atoms with Crippen molar-refractivity contribution < 1.29 is 27.5 Å². The van der Waals surface area contributed by atoms with Gasteiger partial charge < -0.3 is 10.4 Å². The molecule has 6 nitrogen and oxygen atoms in total. The SMILES string of the molecule is Cc1nc(-c2ccc(F)cc2)n(CC(=O)Nc2ccc(Cl)cc2C(F)(F)F)c(=O)c1CCO. The molecule has 0 aliphatic heterocycles. The molecule has 33 heavy (non-hydrogen) atoms. The van der Waals surface area contributed by atoms with Gasteiger partial charge in [0.05, 0.1) is 11.3 Å². The molecule has 1 heterocycles. The minimum Gasteiger partial charge on any atom is -0.396 e. The highest BCUT2D eigenvalue weighted by atomic mass is 35.5. The van der Waals surface area contributed by atoms with Crippen molar-refractivity contribution in [2.24, 2.45) is 0 Å². The van der Waals surface area contributed by atoms with Crippen molar-refractivity contribution in [1.82, 2.24) is 9.55 Å². The summed E-state index contributed by atoms with van der Waals surface area (Å²) in [6, 6.07) is 7.89. The van der Waals surface area contributed by atoms with E-state index >= 15 is 0 Å². The predicted molar refractivity (Wildman–Crippen MR) is 115 cm³/mol. The van der Waals surface area contributed by atoms with Gasteiger partial charge in [0, 0.05) is 34.9 Å². The van der Waals surface area contributed by atoms with Crippen molar-refractivity contribution in [3.05, 3.63) is 80.5 Å². The third-order valence-electron chi connectivity index (χ3n) is 4.80. The zero-order valence-corrected chi connectivity index (χ0v) is 18.0. The normalized spacial score (nSPS) is 11.5. The summed E-state index contributed by atoms with van der Waals surface area (Å²) in [5.41, 5.74) is -1.53. The van der Waals surface area contributed by atoms with Crippen LogP contribution in [-0.2, 0) is 23.9 Å². The van der Waals surface area contributed by atoms with Crippen LogP contribution in [0.4, 0.5) is 23.2 Å². The van der Waals surface area contributed by atoms with Gasteiger partial charge in [0.1, 0.15) is 18.2 Å². The molecular weight excluding hydrogens is 466 g/mol. The molecule has 11 heteroatoms. The first kappa shape index (κ1) is 24.4. The third-order valence-corrected chi connectivity index (χ3v) is 5.03. The Morgan fingerprint density at radius 1 is 1.18 bits per heavy atom. The number of hydrogen-bond acceptors (Lipinski definition) is 4. The second-order valence-corrected chi connectivity index (χ2v) is 7.54. The van der Waals surface area contributed by atoms with E-state index in [9.17, 15) is 32.3 Å². The molecule has 3 aromatic rings. The van der Waals surface area contributed by atoms with Crippen molar-refractivity contribution >= 4 is 23.2 Å². The number of amides is 1. The van der Waals surface area contributed by atoms with E-state index in [0.717, 1.165) is 22.8 Å². The molecule has 2 N–H and O–H groups in total. The number of carbonyl (C=O) groups is 1. The second kappa shape index (κ2) is 9.72. The lowest BCUT2D eigenvalue weighted by Crippen LogP contribution is -2.33. The molecule has 2 aromatic carbocycles. The Bertz CT molecular complexity index is 1240. The minimum absolute atomic E-state index is 0.0292. The fourth-order valence-corrected chi connectivity index (χ4v) is 3.43. The number of aryl methyl sites for hydroxylation is 1. The molecule has 0 radical (unpaired) electrons. The van der Waals surface area contributed by atoms with Crippen LogP contribution in [-0.4, -0.2) is 27.2 Å². The van der Waals surface area contributed by atoms with E-state index in [1.807, 2.05) is 0 Å². The van der Waals surface area contributed by atoms with Gasteiger partial charge in [-0.15, -0.1) is 0 Å².